The second kappa shape index (κ2) is 4.34. The van der Waals surface area contributed by atoms with E-state index in [9.17, 15) is 4.79 Å². The third-order valence-electron chi connectivity index (χ3n) is 2.72. The Morgan fingerprint density at radius 3 is 2.80 bits per heavy atom. The Hall–Kier alpha value is -1.51. The maximum atomic E-state index is 11.5. The summed E-state index contributed by atoms with van der Waals surface area (Å²) in [6.45, 7) is 3.25. The zero-order valence-electron chi connectivity index (χ0n) is 8.85. The van der Waals surface area contributed by atoms with Crippen molar-refractivity contribution in [2.45, 2.75) is 25.9 Å². The predicted octanol–water partition coefficient (Wildman–Crippen LogP) is 2.42. The Bertz CT molecular complexity index is 337. The van der Waals surface area contributed by atoms with Gasteiger partial charge in [-0.25, -0.2) is 4.79 Å². The topological polar surface area (TPSA) is 29.5 Å². The molecule has 0 bridgehead atoms. The fourth-order valence-electron chi connectivity index (χ4n) is 1.74. The van der Waals surface area contributed by atoms with E-state index in [0.717, 1.165) is 12.0 Å². The van der Waals surface area contributed by atoms with Crippen molar-refractivity contribution >= 4 is 6.09 Å². The van der Waals surface area contributed by atoms with E-state index in [0.29, 0.717) is 13.2 Å². The number of carbonyl (C=O) groups excluding carboxylic acids is 1. The summed E-state index contributed by atoms with van der Waals surface area (Å²) in [5.74, 6) is 0. The van der Waals surface area contributed by atoms with Crippen LogP contribution in [0.2, 0.25) is 0 Å². The lowest BCUT2D eigenvalue weighted by molar-refractivity contribution is 0.0457. The summed E-state index contributed by atoms with van der Waals surface area (Å²) in [5, 5.41) is 0. The van der Waals surface area contributed by atoms with E-state index >= 15 is 0 Å². The van der Waals surface area contributed by atoms with E-state index in [2.05, 4.69) is 6.92 Å². The summed E-state index contributed by atoms with van der Waals surface area (Å²) in [6, 6.07) is 10.3. The molecule has 1 fully saturated rings. The van der Waals surface area contributed by atoms with Gasteiger partial charge in [0.1, 0.15) is 0 Å². The number of carbonyl (C=O) groups is 1. The van der Waals surface area contributed by atoms with Crippen LogP contribution >= 0.6 is 0 Å². The highest BCUT2D eigenvalue weighted by Crippen LogP contribution is 2.16. The molecule has 0 N–H and O–H groups in total. The average Bonchev–Trinajstić information content (AvgIpc) is 2.25. The maximum absolute atomic E-state index is 11.5. The van der Waals surface area contributed by atoms with E-state index in [-0.39, 0.29) is 12.1 Å². The Balaban J connectivity index is 2.07. The lowest BCUT2D eigenvalue weighted by atomic mass is 10.1. The van der Waals surface area contributed by atoms with Crippen LogP contribution in [-0.2, 0) is 11.3 Å². The third kappa shape index (κ3) is 2.29. The van der Waals surface area contributed by atoms with Crippen molar-refractivity contribution in [3.8, 4) is 0 Å². The van der Waals surface area contributed by atoms with Crippen LogP contribution in [0.15, 0.2) is 30.3 Å². The Kier molecular flexibility index (Phi) is 2.90. The molecule has 3 heteroatoms. The van der Waals surface area contributed by atoms with E-state index in [1.54, 1.807) is 4.90 Å². The lowest BCUT2D eigenvalue weighted by Crippen LogP contribution is -2.43. The van der Waals surface area contributed by atoms with Crippen molar-refractivity contribution in [2.24, 2.45) is 0 Å². The van der Waals surface area contributed by atoms with Gasteiger partial charge in [0.25, 0.3) is 0 Å². The summed E-state index contributed by atoms with van der Waals surface area (Å²) in [6.07, 6.45) is 0.719. The molecule has 1 heterocycles. The number of rotatable bonds is 2. The van der Waals surface area contributed by atoms with Gasteiger partial charge in [-0.3, -0.25) is 0 Å². The van der Waals surface area contributed by atoms with Gasteiger partial charge in [-0.05, 0) is 12.5 Å². The number of nitrogens with zero attached hydrogens (tertiary/aromatic N) is 1. The number of hydrogen-bond donors (Lipinski definition) is 0. The zero-order chi connectivity index (χ0) is 10.7. The molecule has 0 radical (unpaired) electrons. The molecule has 1 aromatic rings. The van der Waals surface area contributed by atoms with E-state index < -0.39 is 0 Å². The summed E-state index contributed by atoms with van der Waals surface area (Å²) >= 11 is 0. The molecule has 1 saturated heterocycles. The van der Waals surface area contributed by atoms with Gasteiger partial charge in [-0.1, -0.05) is 30.3 Å². The number of hydrogen-bond acceptors (Lipinski definition) is 2. The van der Waals surface area contributed by atoms with Crippen molar-refractivity contribution in [3.05, 3.63) is 35.9 Å². The second-order valence-corrected chi connectivity index (χ2v) is 3.87. The molecule has 2 rings (SSSR count). The Morgan fingerprint density at radius 1 is 1.40 bits per heavy atom. The number of benzene rings is 1. The second-order valence-electron chi connectivity index (χ2n) is 3.87. The predicted molar refractivity (Wildman–Crippen MR) is 57.4 cm³/mol. The van der Waals surface area contributed by atoms with E-state index in [1.807, 2.05) is 30.3 Å². The molecule has 1 atom stereocenters. The molecular formula is C12H15NO2. The van der Waals surface area contributed by atoms with Gasteiger partial charge < -0.3 is 9.64 Å². The standard InChI is InChI=1S/C12H15NO2/c1-10-7-8-15-12(14)13(10)9-11-5-3-2-4-6-11/h2-6,10H,7-9H2,1H3/t10-/m0/s1. The minimum Gasteiger partial charge on any atom is -0.449 e. The molecule has 0 aliphatic carbocycles. The van der Waals surface area contributed by atoms with Crippen LogP contribution in [0.1, 0.15) is 18.9 Å². The largest absolute Gasteiger partial charge is 0.449 e. The van der Waals surface area contributed by atoms with Gasteiger partial charge in [0, 0.05) is 19.0 Å². The van der Waals surface area contributed by atoms with Gasteiger partial charge in [-0.15, -0.1) is 0 Å². The van der Waals surface area contributed by atoms with Crippen molar-refractivity contribution in [2.75, 3.05) is 6.61 Å². The SMILES string of the molecule is C[C@H]1CCOC(=O)N1Cc1ccccc1. The minimum atomic E-state index is -0.197. The molecule has 0 aromatic heterocycles. The van der Waals surface area contributed by atoms with Crippen molar-refractivity contribution < 1.29 is 9.53 Å². The summed E-state index contributed by atoms with van der Waals surface area (Å²) < 4.78 is 5.02. The Labute approximate surface area is 89.7 Å². The molecule has 15 heavy (non-hydrogen) atoms. The van der Waals surface area contributed by atoms with Crippen molar-refractivity contribution in [1.29, 1.82) is 0 Å². The van der Waals surface area contributed by atoms with Crippen LogP contribution in [0, 0.1) is 0 Å². The number of cyclic esters (lactones) is 1. The van der Waals surface area contributed by atoms with Crippen molar-refractivity contribution in [1.82, 2.24) is 4.90 Å². The maximum Gasteiger partial charge on any atom is 0.410 e. The van der Waals surface area contributed by atoms with Gasteiger partial charge in [0.15, 0.2) is 0 Å². The van der Waals surface area contributed by atoms with E-state index in [4.69, 9.17) is 4.74 Å². The first-order valence-electron chi connectivity index (χ1n) is 5.24. The Morgan fingerprint density at radius 2 is 2.13 bits per heavy atom. The minimum absolute atomic E-state index is 0.197. The first kappa shape index (κ1) is 10.0. The monoisotopic (exact) mass is 205 g/mol. The third-order valence-corrected chi connectivity index (χ3v) is 2.72. The van der Waals surface area contributed by atoms with Gasteiger partial charge in [0.2, 0.25) is 0 Å². The lowest BCUT2D eigenvalue weighted by Gasteiger charge is -2.32. The van der Waals surface area contributed by atoms with Gasteiger partial charge in [0.05, 0.1) is 6.61 Å². The van der Waals surface area contributed by atoms with Crippen LogP contribution in [0.25, 0.3) is 0 Å². The summed E-state index contributed by atoms with van der Waals surface area (Å²) in [7, 11) is 0. The summed E-state index contributed by atoms with van der Waals surface area (Å²) in [5.41, 5.74) is 1.14. The van der Waals surface area contributed by atoms with Crippen LogP contribution in [0.3, 0.4) is 0 Å². The molecule has 1 amide bonds. The first-order chi connectivity index (χ1) is 7.27. The quantitative estimate of drug-likeness (QED) is 0.742. The highest BCUT2D eigenvalue weighted by molar-refractivity contribution is 5.68. The number of ether oxygens (including phenoxy) is 1. The fraction of sp³-hybridized carbons (Fsp3) is 0.417. The van der Waals surface area contributed by atoms with Crippen LogP contribution in [0.4, 0.5) is 4.79 Å². The van der Waals surface area contributed by atoms with Gasteiger partial charge >= 0.3 is 6.09 Å². The zero-order valence-corrected chi connectivity index (χ0v) is 8.85. The molecule has 1 aliphatic rings. The van der Waals surface area contributed by atoms with Crippen LogP contribution in [-0.4, -0.2) is 23.6 Å². The molecule has 1 aliphatic heterocycles. The fourth-order valence-corrected chi connectivity index (χ4v) is 1.74. The summed E-state index contributed by atoms with van der Waals surface area (Å²) in [4.78, 5) is 13.3. The molecule has 80 valence electrons. The molecule has 0 saturated carbocycles. The molecule has 1 aromatic carbocycles. The highest BCUT2D eigenvalue weighted by Gasteiger charge is 2.25. The highest BCUT2D eigenvalue weighted by atomic mass is 16.6. The van der Waals surface area contributed by atoms with Crippen LogP contribution in [0.5, 0.6) is 0 Å². The molecule has 0 spiro atoms. The van der Waals surface area contributed by atoms with Crippen molar-refractivity contribution in [3.63, 3.8) is 0 Å². The molecule has 0 unspecified atom stereocenters. The first-order valence-corrected chi connectivity index (χ1v) is 5.24. The normalized spacial score (nSPS) is 21.3. The van der Waals surface area contributed by atoms with E-state index in [1.165, 1.54) is 0 Å². The molecular weight excluding hydrogens is 190 g/mol. The molecule has 3 nitrogen and oxygen atoms in total. The number of amides is 1. The van der Waals surface area contributed by atoms with Crippen LogP contribution < -0.4 is 0 Å². The smallest absolute Gasteiger partial charge is 0.410 e. The van der Waals surface area contributed by atoms with Gasteiger partial charge in [-0.2, -0.15) is 0 Å². The average molecular weight is 205 g/mol.